The molecule has 0 radical (unpaired) electrons. The van der Waals surface area contributed by atoms with E-state index in [1.54, 1.807) is 29.3 Å². The molecule has 4 heterocycles. The highest BCUT2D eigenvalue weighted by atomic mass is 35.5. The second-order valence-electron chi connectivity index (χ2n) is 9.73. The number of nitrogens with one attached hydrogen (secondary N) is 3. The Morgan fingerprint density at radius 2 is 2.08 bits per heavy atom. The van der Waals surface area contributed by atoms with Gasteiger partial charge in [-0.1, -0.05) is 24.9 Å². The summed E-state index contributed by atoms with van der Waals surface area (Å²) in [5.74, 6) is -0.644. The van der Waals surface area contributed by atoms with Crippen molar-refractivity contribution in [3.8, 4) is 11.3 Å². The van der Waals surface area contributed by atoms with E-state index in [0.717, 1.165) is 0 Å². The van der Waals surface area contributed by atoms with E-state index in [1.165, 1.54) is 19.4 Å². The number of imidazole rings is 1. The van der Waals surface area contributed by atoms with Crippen LogP contribution < -0.4 is 10.6 Å². The molecule has 13 heteroatoms. The van der Waals surface area contributed by atoms with Gasteiger partial charge in [-0.25, -0.2) is 19.0 Å². The number of benzene rings is 1. The summed E-state index contributed by atoms with van der Waals surface area (Å²) >= 11 is 5.90. The molecular weight excluding hydrogens is 543 g/mol. The van der Waals surface area contributed by atoms with E-state index in [1.807, 2.05) is 6.92 Å². The number of anilines is 2. The SMILES string of the molecule is COC(=O)Nc1ccc2c(c1)NC(=O)[C@H](C)CCC[C@H](N1CC[C@@H](c3nccc(Cl)c3F)OC1=O)c1nc-2c[nH]1. The number of hydrogen-bond donors (Lipinski definition) is 3. The minimum Gasteiger partial charge on any atom is -0.453 e. The van der Waals surface area contributed by atoms with Crippen LogP contribution in [0, 0.1) is 11.7 Å². The zero-order valence-electron chi connectivity index (χ0n) is 21.9. The van der Waals surface area contributed by atoms with Crippen LogP contribution in [-0.4, -0.2) is 51.6 Å². The maximum Gasteiger partial charge on any atom is 0.411 e. The Bertz CT molecular complexity index is 1450. The summed E-state index contributed by atoms with van der Waals surface area (Å²) in [5, 5.41) is 5.47. The number of nitrogens with zero attached hydrogens (tertiary/aromatic N) is 3. The highest BCUT2D eigenvalue weighted by molar-refractivity contribution is 6.30. The Morgan fingerprint density at radius 3 is 2.85 bits per heavy atom. The molecule has 1 aromatic carbocycles. The Kier molecular flexibility index (Phi) is 7.88. The molecule has 0 saturated carbocycles. The number of methoxy groups -OCH3 is 1. The largest absolute Gasteiger partial charge is 0.453 e. The van der Waals surface area contributed by atoms with Crippen LogP contribution in [0.25, 0.3) is 11.3 Å². The number of halogens is 2. The van der Waals surface area contributed by atoms with E-state index in [4.69, 9.17) is 21.3 Å². The molecule has 3 aromatic rings. The minimum atomic E-state index is -0.857. The summed E-state index contributed by atoms with van der Waals surface area (Å²) in [7, 11) is 1.26. The number of H-pyrrole nitrogens is 1. The van der Waals surface area contributed by atoms with Crippen molar-refractivity contribution in [3.63, 3.8) is 0 Å². The molecule has 40 heavy (non-hydrogen) atoms. The average Bonchev–Trinajstić information content (AvgIpc) is 3.42. The van der Waals surface area contributed by atoms with E-state index in [9.17, 15) is 18.8 Å². The molecular formula is C27H28ClFN6O5. The zero-order chi connectivity index (χ0) is 28.4. The second kappa shape index (κ2) is 11.5. The molecule has 0 aliphatic carbocycles. The summed E-state index contributed by atoms with van der Waals surface area (Å²) in [6.45, 7) is 2.12. The fourth-order valence-corrected chi connectivity index (χ4v) is 5.09. The van der Waals surface area contributed by atoms with Crippen molar-refractivity contribution in [2.75, 3.05) is 24.3 Å². The zero-order valence-corrected chi connectivity index (χ0v) is 22.6. The van der Waals surface area contributed by atoms with E-state index in [2.05, 4.69) is 25.3 Å². The predicted octanol–water partition coefficient (Wildman–Crippen LogP) is 5.83. The van der Waals surface area contributed by atoms with Crippen molar-refractivity contribution in [1.82, 2.24) is 19.9 Å². The molecule has 1 fully saturated rings. The fraction of sp³-hybridized carbons (Fsp3) is 0.370. The number of cyclic esters (lactones) is 1. The van der Waals surface area contributed by atoms with Crippen molar-refractivity contribution < 1.29 is 28.2 Å². The molecule has 3 atom stereocenters. The summed E-state index contributed by atoms with van der Waals surface area (Å²) in [4.78, 5) is 51.5. The van der Waals surface area contributed by atoms with Crippen LogP contribution in [-0.2, 0) is 14.3 Å². The number of pyridine rings is 1. The molecule has 2 aliphatic rings. The lowest BCUT2D eigenvalue weighted by molar-refractivity contribution is -0.119. The van der Waals surface area contributed by atoms with Crippen LogP contribution in [0.1, 0.15) is 56.3 Å². The highest BCUT2D eigenvalue weighted by Gasteiger charge is 2.37. The quantitative estimate of drug-likeness (QED) is 0.360. The number of carbonyl (C=O) groups is 3. The molecule has 0 spiro atoms. The highest BCUT2D eigenvalue weighted by Crippen LogP contribution is 2.37. The third-order valence-corrected chi connectivity index (χ3v) is 7.41. The number of amides is 3. The normalized spacial score (nSPS) is 21.3. The monoisotopic (exact) mass is 570 g/mol. The molecule has 2 bridgehead atoms. The topological polar surface area (TPSA) is 139 Å². The molecule has 1 saturated heterocycles. The summed E-state index contributed by atoms with van der Waals surface area (Å²) in [6, 6.07) is 5.93. The first-order valence-corrected chi connectivity index (χ1v) is 13.3. The lowest BCUT2D eigenvalue weighted by Crippen LogP contribution is -2.42. The van der Waals surface area contributed by atoms with Crippen molar-refractivity contribution in [3.05, 3.63) is 59.0 Å². The van der Waals surface area contributed by atoms with Gasteiger partial charge in [-0.15, -0.1) is 0 Å². The van der Waals surface area contributed by atoms with Crippen molar-refractivity contribution in [2.45, 2.75) is 44.8 Å². The van der Waals surface area contributed by atoms with Gasteiger partial charge in [0.2, 0.25) is 5.91 Å². The lowest BCUT2D eigenvalue weighted by Gasteiger charge is -2.36. The molecule has 0 unspecified atom stereocenters. The number of aromatic nitrogens is 3. The van der Waals surface area contributed by atoms with E-state index in [0.29, 0.717) is 54.1 Å². The predicted molar refractivity (Wildman–Crippen MR) is 144 cm³/mol. The Labute approximate surface area is 234 Å². The molecule has 210 valence electrons. The standard InChI is InChI=1S/C27H28ClFN6O5/c1-14-4-3-5-20(35-11-9-21(40-27(35)38)23-22(29)17(28)8-10-30-23)24-31-13-19(33-24)16-7-6-15(32-26(37)39-2)12-18(16)34-25(14)36/h6-8,10,12-14,20-21H,3-5,9,11H2,1-2H3,(H,31,33)(H,32,37)(H,34,36)/t14-,20+,21+/m1/s1. The van der Waals surface area contributed by atoms with Gasteiger partial charge in [-0.05, 0) is 37.1 Å². The maximum absolute atomic E-state index is 14.5. The number of carbonyl (C=O) groups excluding carboxylic acids is 3. The fourth-order valence-electron chi connectivity index (χ4n) is 4.94. The van der Waals surface area contributed by atoms with E-state index >= 15 is 0 Å². The van der Waals surface area contributed by atoms with Gasteiger partial charge in [0, 0.05) is 42.5 Å². The van der Waals surface area contributed by atoms with Gasteiger partial charge in [0.15, 0.2) is 11.9 Å². The molecule has 3 N–H and O–H groups in total. The Balaban J connectivity index is 1.44. The first-order chi connectivity index (χ1) is 19.2. The average molecular weight is 571 g/mol. The van der Waals surface area contributed by atoms with Crippen LogP contribution in [0.5, 0.6) is 0 Å². The van der Waals surface area contributed by atoms with Crippen LogP contribution >= 0.6 is 11.6 Å². The van der Waals surface area contributed by atoms with Crippen LogP contribution in [0.4, 0.5) is 25.4 Å². The van der Waals surface area contributed by atoms with Crippen LogP contribution in [0.3, 0.4) is 0 Å². The molecule has 3 amide bonds. The first kappa shape index (κ1) is 27.4. The van der Waals surface area contributed by atoms with Gasteiger partial charge in [0.05, 0.1) is 29.6 Å². The number of fused-ring (bicyclic) bond motifs is 4. The summed E-state index contributed by atoms with van der Waals surface area (Å²) in [5.41, 5.74) is 2.08. The maximum atomic E-state index is 14.5. The van der Waals surface area contributed by atoms with E-state index < -0.39 is 30.1 Å². The van der Waals surface area contributed by atoms with Gasteiger partial charge >= 0.3 is 12.2 Å². The molecule has 2 aromatic heterocycles. The van der Waals surface area contributed by atoms with Crippen LogP contribution in [0.2, 0.25) is 5.02 Å². The van der Waals surface area contributed by atoms with Crippen LogP contribution in [0.15, 0.2) is 36.7 Å². The minimum absolute atomic E-state index is 0.00280. The molecule has 2 aliphatic heterocycles. The summed E-state index contributed by atoms with van der Waals surface area (Å²) < 4.78 is 24.8. The third kappa shape index (κ3) is 5.57. The lowest BCUT2D eigenvalue weighted by atomic mass is 9.98. The van der Waals surface area contributed by atoms with Gasteiger partial charge in [-0.2, -0.15) is 0 Å². The first-order valence-electron chi connectivity index (χ1n) is 12.9. The van der Waals surface area contributed by atoms with Crippen molar-refractivity contribution in [1.29, 1.82) is 0 Å². The van der Waals surface area contributed by atoms with Gasteiger partial charge < -0.3 is 19.8 Å². The van der Waals surface area contributed by atoms with Crippen molar-refractivity contribution in [2.24, 2.45) is 5.92 Å². The van der Waals surface area contributed by atoms with Gasteiger partial charge in [0.1, 0.15) is 11.5 Å². The van der Waals surface area contributed by atoms with Gasteiger partial charge in [0.25, 0.3) is 0 Å². The second-order valence-corrected chi connectivity index (χ2v) is 10.1. The van der Waals surface area contributed by atoms with E-state index in [-0.39, 0.29) is 29.1 Å². The summed E-state index contributed by atoms with van der Waals surface area (Å²) in [6.07, 6.45) is 3.01. The molecule has 11 nitrogen and oxygen atoms in total. The smallest absolute Gasteiger partial charge is 0.411 e. The Morgan fingerprint density at radius 1 is 1.25 bits per heavy atom. The number of hydrogen-bond acceptors (Lipinski definition) is 7. The van der Waals surface area contributed by atoms with Crippen molar-refractivity contribution >= 4 is 41.1 Å². The Hall–Kier alpha value is -4.19. The number of rotatable bonds is 3. The van der Waals surface area contributed by atoms with Gasteiger partial charge in [-0.3, -0.25) is 20.0 Å². The number of aromatic amines is 1. The number of ether oxygens (including phenoxy) is 2. The molecule has 5 rings (SSSR count). The third-order valence-electron chi connectivity index (χ3n) is 7.12.